The van der Waals surface area contributed by atoms with Crippen LogP contribution in [0, 0.1) is 0 Å². The van der Waals surface area contributed by atoms with Gasteiger partial charge >= 0.3 is 0 Å². The summed E-state index contributed by atoms with van der Waals surface area (Å²) in [5.74, 6) is 0.0360. The molecular formula is C29H26Cl2N4O. The topological polar surface area (TPSA) is 80.4 Å². The standard InChI is InChI=1S/C29H26Cl2N4O/c30-24-11-7-22(8-12-24)26-16-21(18-34-29(26)23-9-13-25(31)14-10-23)17-33-19-27(32)35-28(36)15-6-20-4-2-1-3-5-20/h1-5,7-14,16,18,33H,6,15,17,19H2,(H2,32,35,36). The molecule has 3 N–H and O–H groups in total. The quantitative estimate of drug-likeness (QED) is 0.201. The van der Waals surface area contributed by atoms with Crippen LogP contribution in [0.3, 0.4) is 0 Å². The van der Waals surface area contributed by atoms with Gasteiger partial charge in [0.15, 0.2) is 0 Å². The molecule has 0 aliphatic rings. The van der Waals surface area contributed by atoms with E-state index in [0.29, 0.717) is 36.0 Å². The number of nitrogens with one attached hydrogen (secondary N) is 1. The van der Waals surface area contributed by atoms with E-state index in [1.807, 2.05) is 85.1 Å². The molecule has 3 aromatic carbocycles. The molecule has 1 heterocycles. The number of aryl methyl sites for hydroxylation is 1. The van der Waals surface area contributed by atoms with E-state index in [9.17, 15) is 4.79 Å². The molecule has 4 rings (SSSR count). The van der Waals surface area contributed by atoms with E-state index in [0.717, 1.165) is 33.5 Å². The highest BCUT2D eigenvalue weighted by Crippen LogP contribution is 2.32. The molecule has 182 valence electrons. The van der Waals surface area contributed by atoms with Crippen molar-refractivity contribution < 1.29 is 4.79 Å². The first kappa shape index (κ1) is 25.6. The van der Waals surface area contributed by atoms with Crippen molar-refractivity contribution in [2.45, 2.75) is 19.4 Å². The van der Waals surface area contributed by atoms with Crippen LogP contribution >= 0.6 is 23.2 Å². The predicted molar refractivity (Wildman–Crippen MR) is 148 cm³/mol. The van der Waals surface area contributed by atoms with E-state index in [-0.39, 0.29) is 11.7 Å². The van der Waals surface area contributed by atoms with Crippen LogP contribution in [-0.2, 0) is 17.8 Å². The van der Waals surface area contributed by atoms with Gasteiger partial charge in [0.2, 0.25) is 5.91 Å². The molecule has 0 aliphatic heterocycles. The van der Waals surface area contributed by atoms with E-state index >= 15 is 0 Å². The largest absolute Gasteiger partial charge is 0.386 e. The molecular weight excluding hydrogens is 491 g/mol. The lowest BCUT2D eigenvalue weighted by Crippen LogP contribution is -2.29. The molecule has 7 heteroatoms. The summed E-state index contributed by atoms with van der Waals surface area (Å²) < 4.78 is 0. The SMILES string of the molecule is NC(CNCc1cnc(-c2ccc(Cl)cc2)c(-c2ccc(Cl)cc2)c1)=NC(=O)CCc1ccccc1. The van der Waals surface area contributed by atoms with Crippen molar-refractivity contribution in [1.82, 2.24) is 10.3 Å². The summed E-state index contributed by atoms with van der Waals surface area (Å²) in [7, 11) is 0. The van der Waals surface area contributed by atoms with Crippen molar-refractivity contribution in [3.05, 3.63) is 112 Å². The van der Waals surface area contributed by atoms with Crippen LogP contribution in [0.1, 0.15) is 17.5 Å². The van der Waals surface area contributed by atoms with Crippen LogP contribution in [0.5, 0.6) is 0 Å². The molecule has 36 heavy (non-hydrogen) atoms. The smallest absolute Gasteiger partial charge is 0.247 e. The average molecular weight is 517 g/mol. The second-order valence-corrected chi connectivity index (χ2v) is 9.21. The van der Waals surface area contributed by atoms with Gasteiger partial charge in [-0.2, -0.15) is 4.99 Å². The number of halogens is 2. The van der Waals surface area contributed by atoms with Crippen molar-refractivity contribution in [1.29, 1.82) is 0 Å². The summed E-state index contributed by atoms with van der Waals surface area (Å²) in [6, 6.07) is 27.2. The Kier molecular flexibility index (Phi) is 8.85. The molecule has 0 spiro atoms. The molecule has 0 saturated heterocycles. The molecule has 0 aliphatic carbocycles. The van der Waals surface area contributed by atoms with Crippen LogP contribution in [-0.4, -0.2) is 23.3 Å². The average Bonchev–Trinajstić information content (AvgIpc) is 2.89. The van der Waals surface area contributed by atoms with Gasteiger partial charge in [-0.25, -0.2) is 0 Å². The molecule has 0 radical (unpaired) electrons. The Morgan fingerprint density at radius 1 is 0.861 bits per heavy atom. The first-order chi connectivity index (χ1) is 17.5. The number of benzene rings is 3. The minimum absolute atomic E-state index is 0.225. The first-order valence-corrected chi connectivity index (χ1v) is 12.3. The van der Waals surface area contributed by atoms with Gasteiger partial charge in [0.05, 0.1) is 12.2 Å². The number of nitrogens with two attached hydrogens (primary N) is 1. The maximum atomic E-state index is 12.2. The monoisotopic (exact) mass is 516 g/mol. The highest BCUT2D eigenvalue weighted by molar-refractivity contribution is 6.31. The normalized spacial score (nSPS) is 11.4. The van der Waals surface area contributed by atoms with E-state index in [1.54, 1.807) is 0 Å². The highest BCUT2D eigenvalue weighted by Gasteiger charge is 2.11. The van der Waals surface area contributed by atoms with Crippen molar-refractivity contribution in [3.8, 4) is 22.4 Å². The van der Waals surface area contributed by atoms with Gasteiger partial charge in [0, 0.05) is 40.3 Å². The van der Waals surface area contributed by atoms with Gasteiger partial charge in [-0.15, -0.1) is 0 Å². The molecule has 0 bridgehead atoms. The highest BCUT2D eigenvalue weighted by atomic mass is 35.5. The van der Waals surface area contributed by atoms with Gasteiger partial charge in [0.25, 0.3) is 0 Å². The molecule has 5 nitrogen and oxygen atoms in total. The van der Waals surface area contributed by atoms with Gasteiger partial charge in [-0.1, -0.05) is 77.8 Å². The lowest BCUT2D eigenvalue weighted by molar-refractivity contribution is -0.117. The zero-order valence-electron chi connectivity index (χ0n) is 19.6. The van der Waals surface area contributed by atoms with Crippen LogP contribution in [0.4, 0.5) is 0 Å². The Hall–Kier alpha value is -3.51. The first-order valence-electron chi connectivity index (χ1n) is 11.6. The third-order valence-corrected chi connectivity index (χ3v) is 6.10. The van der Waals surface area contributed by atoms with E-state index in [1.165, 1.54) is 0 Å². The lowest BCUT2D eigenvalue weighted by Gasteiger charge is -2.13. The summed E-state index contributed by atoms with van der Waals surface area (Å²) in [6.45, 7) is 0.815. The summed E-state index contributed by atoms with van der Waals surface area (Å²) in [5.41, 5.74) is 11.9. The number of aromatic nitrogens is 1. The maximum Gasteiger partial charge on any atom is 0.247 e. The summed E-state index contributed by atoms with van der Waals surface area (Å²) in [6.07, 6.45) is 2.79. The number of rotatable bonds is 9. The van der Waals surface area contributed by atoms with Gasteiger partial charge < -0.3 is 11.1 Å². The number of carbonyl (C=O) groups excluding carboxylic acids is 1. The fourth-order valence-corrected chi connectivity index (χ4v) is 4.03. The molecule has 0 atom stereocenters. The van der Waals surface area contributed by atoms with Crippen LogP contribution in [0.2, 0.25) is 10.0 Å². The number of amidine groups is 1. The maximum absolute atomic E-state index is 12.2. The van der Waals surface area contributed by atoms with E-state index < -0.39 is 0 Å². The predicted octanol–water partition coefficient (Wildman–Crippen LogP) is 6.33. The Morgan fingerprint density at radius 2 is 1.50 bits per heavy atom. The molecule has 1 amide bonds. The van der Waals surface area contributed by atoms with Gasteiger partial charge in [-0.05, 0) is 53.4 Å². The minimum Gasteiger partial charge on any atom is -0.386 e. The Balaban J connectivity index is 1.42. The van der Waals surface area contributed by atoms with Crippen LogP contribution < -0.4 is 11.1 Å². The Labute approximate surface area is 221 Å². The zero-order chi connectivity index (χ0) is 25.3. The minimum atomic E-state index is -0.225. The van der Waals surface area contributed by atoms with Gasteiger partial charge in [-0.3, -0.25) is 9.78 Å². The number of amides is 1. The zero-order valence-corrected chi connectivity index (χ0v) is 21.1. The third kappa shape index (κ3) is 7.25. The molecule has 1 aromatic heterocycles. The van der Waals surface area contributed by atoms with Crippen molar-refractivity contribution in [2.24, 2.45) is 10.7 Å². The second kappa shape index (κ2) is 12.5. The van der Waals surface area contributed by atoms with Gasteiger partial charge in [0.1, 0.15) is 5.84 Å². The number of carbonyl (C=O) groups is 1. The Bertz CT molecular complexity index is 1340. The van der Waals surface area contributed by atoms with Crippen LogP contribution in [0.25, 0.3) is 22.4 Å². The lowest BCUT2D eigenvalue weighted by atomic mass is 9.98. The third-order valence-electron chi connectivity index (χ3n) is 5.59. The number of pyridine rings is 1. The fourth-order valence-electron chi connectivity index (χ4n) is 3.78. The summed E-state index contributed by atoms with van der Waals surface area (Å²) >= 11 is 12.2. The van der Waals surface area contributed by atoms with Crippen molar-refractivity contribution >= 4 is 34.9 Å². The van der Waals surface area contributed by atoms with Crippen LogP contribution in [0.15, 0.2) is 96.1 Å². The summed E-state index contributed by atoms with van der Waals surface area (Å²) in [5, 5.41) is 4.59. The van der Waals surface area contributed by atoms with E-state index in [2.05, 4.69) is 16.4 Å². The molecule has 0 saturated carbocycles. The number of aliphatic imine (C=N–C) groups is 1. The number of hydrogen-bond acceptors (Lipinski definition) is 3. The van der Waals surface area contributed by atoms with Crippen molar-refractivity contribution in [2.75, 3.05) is 6.54 Å². The number of hydrogen-bond donors (Lipinski definition) is 2. The molecule has 0 fully saturated rings. The van der Waals surface area contributed by atoms with E-state index in [4.69, 9.17) is 33.9 Å². The Morgan fingerprint density at radius 3 is 2.17 bits per heavy atom. The van der Waals surface area contributed by atoms with Crippen molar-refractivity contribution in [3.63, 3.8) is 0 Å². The molecule has 0 unspecified atom stereocenters. The molecule has 4 aromatic rings. The second-order valence-electron chi connectivity index (χ2n) is 8.34. The summed E-state index contributed by atoms with van der Waals surface area (Å²) in [4.78, 5) is 20.9. The fraction of sp³-hybridized carbons (Fsp3) is 0.138. The number of nitrogens with zero attached hydrogens (tertiary/aromatic N) is 2.